The van der Waals surface area contributed by atoms with Gasteiger partial charge >= 0.3 is 0 Å². The lowest BCUT2D eigenvalue weighted by molar-refractivity contribution is 0.193. The van der Waals surface area contributed by atoms with E-state index in [-0.39, 0.29) is 0 Å². The molecule has 2 rings (SSSR count). The van der Waals surface area contributed by atoms with Gasteiger partial charge in [0, 0.05) is 6.04 Å². The van der Waals surface area contributed by atoms with Gasteiger partial charge in [0.25, 0.3) is 0 Å². The average molecular weight is 170 g/mol. The minimum Gasteiger partial charge on any atom is -0.306 e. The van der Waals surface area contributed by atoms with Crippen LogP contribution in [0.25, 0.3) is 0 Å². The summed E-state index contributed by atoms with van der Waals surface area (Å²) in [6.45, 7) is 2.64. The van der Waals surface area contributed by atoms with Crippen molar-refractivity contribution < 1.29 is 0 Å². The first-order chi connectivity index (χ1) is 5.70. The van der Waals surface area contributed by atoms with E-state index in [9.17, 15) is 0 Å². The molecule has 2 nitrogen and oxygen atoms in total. The standard InChI is InChI=1S/C6H13N.C4H9N/c1-7(2)6-4-3-5-6;1-5-3-2-4-5/h6H,3-5H2,1-2H3;2-4H2,1H3. The van der Waals surface area contributed by atoms with Crippen molar-refractivity contribution in [3.63, 3.8) is 0 Å². The summed E-state index contributed by atoms with van der Waals surface area (Å²) in [4.78, 5) is 4.61. The molecule has 0 aromatic heterocycles. The maximum atomic E-state index is 2.31. The number of nitrogens with zero attached hydrogens (tertiary/aromatic N) is 2. The van der Waals surface area contributed by atoms with Gasteiger partial charge < -0.3 is 9.80 Å². The van der Waals surface area contributed by atoms with Crippen molar-refractivity contribution in [2.75, 3.05) is 34.2 Å². The van der Waals surface area contributed by atoms with Crippen LogP contribution < -0.4 is 0 Å². The molecular weight excluding hydrogens is 148 g/mol. The van der Waals surface area contributed by atoms with Gasteiger partial charge in [-0.3, -0.25) is 0 Å². The third kappa shape index (κ3) is 3.11. The molecule has 0 bridgehead atoms. The summed E-state index contributed by atoms with van der Waals surface area (Å²) < 4.78 is 0. The lowest BCUT2D eigenvalue weighted by Gasteiger charge is -2.31. The molecule has 2 aliphatic rings. The average Bonchev–Trinajstić information content (AvgIpc) is 1.79. The molecule has 0 amide bonds. The first-order valence-corrected chi connectivity index (χ1v) is 5.05. The SMILES string of the molecule is CN(C)C1CCC1.CN1CCC1. The van der Waals surface area contributed by atoms with E-state index in [4.69, 9.17) is 0 Å². The maximum Gasteiger partial charge on any atom is 0.00891 e. The second kappa shape index (κ2) is 4.83. The molecule has 0 aromatic rings. The lowest BCUT2D eigenvalue weighted by Crippen LogP contribution is -2.33. The molecule has 1 heterocycles. The van der Waals surface area contributed by atoms with Crippen molar-refractivity contribution in [2.24, 2.45) is 0 Å². The van der Waals surface area contributed by atoms with E-state index in [1.54, 1.807) is 0 Å². The zero-order chi connectivity index (χ0) is 8.97. The van der Waals surface area contributed by atoms with Crippen LogP contribution in [0.15, 0.2) is 0 Å². The number of hydrogen-bond acceptors (Lipinski definition) is 2. The van der Waals surface area contributed by atoms with Gasteiger partial charge in [-0.1, -0.05) is 6.42 Å². The van der Waals surface area contributed by atoms with Crippen LogP contribution in [0, 0.1) is 0 Å². The van der Waals surface area contributed by atoms with Crippen molar-refractivity contribution in [1.82, 2.24) is 9.80 Å². The third-order valence-corrected chi connectivity index (χ3v) is 2.88. The van der Waals surface area contributed by atoms with E-state index >= 15 is 0 Å². The summed E-state index contributed by atoms with van der Waals surface area (Å²) in [7, 11) is 6.46. The van der Waals surface area contributed by atoms with Crippen molar-refractivity contribution in [3.05, 3.63) is 0 Å². The summed E-state index contributed by atoms with van der Waals surface area (Å²) in [6.07, 6.45) is 5.71. The van der Waals surface area contributed by atoms with E-state index < -0.39 is 0 Å². The minimum absolute atomic E-state index is 0.917. The van der Waals surface area contributed by atoms with Gasteiger partial charge in [0.15, 0.2) is 0 Å². The predicted octanol–water partition coefficient (Wildman–Crippen LogP) is 1.42. The second-order valence-electron chi connectivity index (χ2n) is 4.21. The second-order valence-corrected chi connectivity index (χ2v) is 4.21. The molecule has 0 aromatic carbocycles. The molecule has 0 unspecified atom stereocenters. The van der Waals surface area contributed by atoms with Gasteiger partial charge in [0.05, 0.1) is 0 Å². The molecule has 0 radical (unpaired) electrons. The van der Waals surface area contributed by atoms with Crippen molar-refractivity contribution in [2.45, 2.75) is 31.7 Å². The normalized spacial score (nSPS) is 24.0. The summed E-state index contributed by atoms with van der Waals surface area (Å²) in [5, 5.41) is 0. The van der Waals surface area contributed by atoms with Gasteiger partial charge in [0.2, 0.25) is 0 Å². The fourth-order valence-electron chi connectivity index (χ4n) is 1.38. The van der Waals surface area contributed by atoms with Crippen LogP contribution in [0.4, 0.5) is 0 Å². The fraction of sp³-hybridized carbons (Fsp3) is 1.00. The Hall–Kier alpha value is -0.0800. The quantitative estimate of drug-likeness (QED) is 0.587. The van der Waals surface area contributed by atoms with Crippen LogP contribution in [0.3, 0.4) is 0 Å². The van der Waals surface area contributed by atoms with Crippen LogP contribution >= 0.6 is 0 Å². The third-order valence-electron chi connectivity index (χ3n) is 2.88. The highest BCUT2D eigenvalue weighted by Gasteiger charge is 2.18. The number of hydrogen-bond donors (Lipinski definition) is 0. The van der Waals surface area contributed by atoms with Crippen LogP contribution in [-0.4, -0.2) is 50.1 Å². The largest absolute Gasteiger partial charge is 0.306 e. The summed E-state index contributed by atoms with van der Waals surface area (Å²) >= 11 is 0. The molecule has 1 aliphatic heterocycles. The van der Waals surface area contributed by atoms with Crippen molar-refractivity contribution >= 4 is 0 Å². The Labute approximate surface area is 76.5 Å². The van der Waals surface area contributed by atoms with Gasteiger partial charge in [-0.15, -0.1) is 0 Å². The number of likely N-dealkylation sites (tertiary alicyclic amines) is 1. The Bertz CT molecular complexity index is 115. The molecule has 0 atom stereocenters. The zero-order valence-corrected chi connectivity index (χ0v) is 8.71. The molecule has 2 heteroatoms. The minimum atomic E-state index is 0.917. The van der Waals surface area contributed by atoms with Gasteiger partial charge in [-0.2, -0.15) is 0 Å². The highest BCUT2D eigenvalue weighted by molar-refractivity contribution is 4.75. The number of rotatable bonds is 1. The molecule has 1 saturated heterocycles. The van der Waals surface area contributed by atoms with Gasteiger partial charge in [-0.05, 0) is 53.5 Å². The van der Waals surface area contributed by atoms with Crippen LogP contribution in [-0.2, 0) is 0 Å². The molecule has 72 valence electrons. The summed E-state index contributed by atoms with van der Waals surface area (Å²) in [5.41, 5.74) is 0. The van der Waals surface area contributed by atoms with Crippen molar-refractivity contribution in [1.29, 1.82) is 0 Å². The highest BCUT2D eigenvalue weighted by Crippen LogP contribution is 2.21. The highest BCUT2D eigenvalue weighted by atomic mass is 15.1. The van der Waals surface area contributed by atoms with Gasteiger partial charge in [-0.25, -0.2) is 0 Å². The molecule has 0 N–H and O–H groups in total. The summed E-state index contributed by atoms with van der Waals surface area (Å²) in [5.74, 6) is 0. The Morgan fingerprint density at radius 1 is 1.08 bits per heavy atom. The van der Waals surface area contributed by atoms with E-state index in [1.807, 2.05) is 0 Å². The maximum absolute atomic E-state index is 2.31. The molecule has 0 spiro atoms. The van der Waals surface area contributed by atoms with E-state index in [1.165, 1.54) is 38.8 Å². The Morgan fingerprint density at radius 3 is 1.58 bits per heavy atom. The van der Waals surface area contributed by atoms with Crippen LogP contribution in [0.1, 0.15) is 25.7 Å². The molecular formula is C10H22N2. The summed E-state index contributed by atoms with van der Waals surface area (Å²) in [6, 6.07) is 0.917. The first kappa shape index (κ1) is 10.0. The zero-order valence-electron chi connectivity index (χ0n) is 8.71. The Kier molecular flexibility index (Phi) is 4.02. The first-order valence-electron chi connectivity index (χ1n) is 5.05. The van der Waals surface area contributed by atoms with E-state index in [0.29, 0.717) is 0 Å². The molecule has 12 heavy (non-hydrogen) atoms. The van der Waals surface area contributed by atoms with Crippen LogP contribution in [0.2, 0.25) is 0 Å². The smallest absolute Gasteiger partial charge is 0.00891 e. The lowest BCUT2D eigenvalue weighted by atomic mass is 9.92. The van der Waals surface area contributed by atoms with E-state index in [0.717, 1.165) is 6.04 Å². The predicted molar refractivity (Wildman–Crippen MR) is 53.4 cm³/mol. The van der Waals surface area contributed by atoms with E-state index in [2.05, 4.69) is 30.9 Å². The topological polar surface area (TPSA) is 6.48 Å². The molecule has 1 saturated carbocycles. The Morgan fingerprint density at radius 2 is 1.58 bits per heavy atom. The van der Waals surface area contributed by atoms with Crippen LogP contribution in [0.5, 0.6) is 0 Å². The Balaban J connectivity index is 0.000000127. The van der Waals surface area contributed by atoms with Crippen molar-refractivity contribution in [3.8, 4) is 0 Å². The fourth-order valence-corrected chi connectivity index (χ4v) is 1.38. The molecule has 1 aliphatic carbocycles. The van der Waals surface area contributed by atoms with Gasteiger partial charge in [0.1, 0.15) is 0 Å². The molecule has 2 fully saturated rings. The monoisotopic (exact) mass is 170 g/mol.